The van der Waals surface area contributed by atoms with Gasteiger partial charge in [-0.1, -0.05) is 75.4 Å². The summed E-state index contributed by atoms with van der Waals surface area (Å²) in [7, 11) is 0. The van der Waals surface area contributed by atoms with Crippen LogP contribution in [0.3, 0.4) is 0 Å². The highest BCUT2D eigenvalue weighted by Gasteiger charge is 2.39. The lowest BCUT2D eigenvalue weighted by atomic mass is 9.87. The average molecular weight is 429 g/mol. The molecule has 1 N–H and O–H groups in total. The molecule has 3 aromatic carbocycles. The van der Waals surface area contributed by atoms with E-state index < -0.39 is 5.91 Å². The van der Waals surface area contributed by atoms with E-state index in [1.165, 1.54) is 22.6 Å². The van der Waals surface area contributed by atoms with Gasteiger partial charge in [-0.15, -0.1) is 0 Å². The first kappa shape index (κ1) is 21.5. The topological polar surface area (TPSA) is 49.4 Å². The molecule has 0 saturated heterocycles. The third kappa shape index (κ3) is 4.33. The van der Waals surface area contributed by atoms with Crippen LogP contribution in [0.15, 0.2) is 84.6 Å². The molecular weight excluding hydrogens is 403 g/mol. The van der Waals surface area contributed by atoms with Crippen molar-refractivity contribution in [2.45, 2.75) is 32.7 Å². The fraction of sp³-hybridized carbons (Fsp3) is 0.185. The lowest BCUT2D eigenvalue weighted by molar-refractivity contribution is -0.137. The van der Waals surface area contributed by atoms with Gasteiger partial charge in [-0.3, -0.25) is 14.5 Å². The molecule has 0 aliphatic carbocycles. The van der Waals surface area contributed by atoms with E-state index >= 15 is 0 Å². The maximum absolute atomic E-state index is 13.3. The van der Waals surface area contributed by atoms with Crippen LogP contribution in [0.5, 0.6) is 0 Å². The van der Waals surface area contributed by atoms with Crippen molar-refractivity contribution in [3.63, 3.8) is 0 Å². The Bertz CT molecular complexity index is 1180. The second kappa shape index (κ2) is 8.42. The van der Waals surface area contributed by atoms with Crippen molar-refractivity contribution in [2.24, 2.45) is 0 Å². The van der Waals surface area contributed by atoms with Gasteiger partial charge in [-0.05, 0) is 46.4 Å². The molecule has 0 unspecified atom stereocenters. The summed E-state index contributed by atoms with van der Waals surface area (Å²) in [5.74, 6) is -1.14. The van der Waals surface area contributed by atoms with Crippen molar-refractivity contribution in [3.8, 4) is 0 Å². The van der Waals surface area contributed by atoms with Crippen LogP contribution in [-0.4, -0.2) is 16.7 Å². The van der Waals surface area contributed by atoms with Crippen LogP contribution >= 0.6 is 0 Å². The molecule has 3 aromatic rings. The summed E-state index contributed by atoms with van der Waals surface area (Å²) in [6.45, 7) is 6.48. The van der Waals surface area contributed by atoms with Crippen molar-refractivity contribution in [2.75, 3.05) is 5.32 Å². The number of benzene rings is 3. The van der Waals surface area contributed by atoms with Crippen LogP contribution in [0.1, 0.15) is 37.5 Å². The van der Waals surface area contributed by atoms with E-state index in [0.29, 0.717) is 16.7 Å². The molecule has 0 atom stereocenters. The number of imide groups is 1. The minimum atomic E-state index is -0.405. The van der Waals surface area contributed by atoms with Crippen LogP contribution in [0.2, 0.25) is 0 Å². The normalized spacial score (nSPS) is 14.3. The first-order valence-corrected chi connectivity index (χ1v) is 10.5. The molecule has 2 amide bonds. The van der Waals surface area contributed by atoms with Crippen LogP contribution in [-0.2, 0) is 21.5 Å². The molecule has 0 bridgehead atoms. The third-order valence-electron chi connectivity index (χ3n) is 5.50. The fourth-order valence-corrected chi connectivity index (χ4v) is 3.68. The molecular formula is C27H25FN2O2. The number of nitrogens with zero attached hydrogens (tertiary/aromatic N) is 1. The highest BCUT2D eigenvalue weighted by molar-refractivity contribution is 6.36. The molecule has 1 aliphatic rings. The number of hydrogen-bond donors (Lipinski definition) is 1. The van der Waals surface area contributed by atoms with Crippen LogP contribution < -0.4 is 5.32 Å². The van der Waals surface area contributed by atoms with Crippen molar-refractivity contribution in [1.82, 2.24) is 4.90 Å². The first-order valence-electron chi connectivity index (χ1n) is 10.5. The highest BCUT2D eigenvalue weighted by Crippen LogP contribution is 2.32. The molecule has 32 heavy (non-hydrogen) atoms. The number of carbonyl (C=O) groups is 2. The molecule has 0 spiro atoms. The molecule has 1 aliphatic heterocycles. The Balaban J connectivity index is 1.68. The zero-order chi connectivity index (χ0) is 22.9. The number of rotatable bonds is 5. The van der Waals surface area contributed by atoms with Gasteiger partial charge in [-0.25, -0.2) is 4.39 Å². The number of carbonyl (C=O) groups excluding carboxylic acids is 2. The minimum Gasteiger partial charge on any atom is -0.350 e. The minimum absolute atomic E-state index is 0.0120. The summed E-state index contributed by atoms with van der Waals surface area (Å²) in [4.78, 5) is 27.8. The Kier molecular flexibility index (Phi) is 5.66. The van der Waals surface area contributed by atoms with Crippen molar-refractivity contribution < 1.29 is 14.0 Å². The van der Waals surface area contributed by atoms with Crippen LogP contribution in [0, 0.1) is 5.82 Å². The van der Waals surface area contributed by atoms with Crippen molar-refractivity contribution in [1.29, 1.82) is 0 Å². The Labute approximate surface area is 187 Å². The summed E-state index contributed by atoms with van der Waals surface area (Å²) in [6.07, 6.45) is 0. The number of amides is 2. The molecule has 0 radical (unpaired) electrons. The number of nitrogens with one attached hydrogen (secondary N) is 1. The zero-order valence-electron chi connectivity index (χ0n) is 18.4. The molecule has 4 nitrogen and oxygen atoms in total. The number of halogens is 1. The largest absolute Gasteiger partial charge is 0.350 e. The zero-order valence-corrected chi connectivity index (χ0v) is 18.4. The second-order valence-electron chi connectivity index (χ2n) is 8.89. The average Bonchev–Trinajstić information content (AvgIpc) is 3.00. The van der Waals surface area contributed by atoms with Gasteiger partial charge in [-0.2, -0.15) is 0 Å². The van der Waals surface area contributed by atoms with E-state index in [1.54, 1.807) is 12.1 Å². The summed E-state index contributed by atoms with van der Waals surface area (Å²) >= 11 is 0. The van der Waals surface area contributed by atoms with E-state index in [1.807, 2.05) is 54.6 Å². The van der Waals surface area contributed by atoms with E-state index in [4.69, 9.17) is 0 Å². The lowest BCUT2D eigenvalue weighted by Crippen LogP contribution is -2.32. The van der Waals surface area contributed by atoms with Crippen LogP contribution in [0.25, 0.3) is 5.57 Å². The van der Waals surface area contributed by atoms with E-state index in [-0.39, 0.29) is 29.4 Å². The standard InChI is InChI=1S/C27H25FN2O2/c1-27(2,3)20-11-15-22(16-12-20)29-24-23(19-7-5-4-6-8-19)25(31)30(26(24)32)17-18-9-13-21(28)14-10-18/h4-16,29H,17H2,1-3H3. The SMILES string of the molecule is CC(C)(C)c1ccc(NC2=C(c3ccccc3)C(=O)N(Cc3ccc(F)cc3)C2=O)cc1. The summed E-state index contributed by atoms with van der Waals surface area (Å²) < 4.78 is 13.3. The Morgan fingerprint density at radius 1 is 0.812 bits per heavy atom. The van der Waals surface area contributed by atoms with E-state index in [0.717, 1.165) is 5.69 Å². The number of anilines is 1. The van der Waals surface area contributed by atoms with Crippen molar-refractivity contribution in [3.05, 3.63) is 107 Å². The summed E-state index contributed by atoms with van der Waals surface area (Å²) in [5.41, 5.74) is 3.83. The maximum atomic E-state index is 13.3. The molecule has 4 rings (SSSR count). The lowest BCUT2D eigenvalue weighted by Gasteiger charge is -2.19. The smallest absolute Gasteiger partial charge is 0.278 e. The quantitative estimate of drug-likeness (QED) is 0.545. The molecule has 5 heteroatoms. The van der Waals surface area contributed by atoms with Crippen LogP contribution in [0.4, 0.5) is 10.1 Å². The second-order valence-corrected chi connectivity index (χ2v) is 8.89. The van der Waals surface area contributed by atoms with Gasteiger partial charge in [0.25, 0.3) is 11.8 Å². The van der Waals surface area contributed by atoms with Gasteiger partial charge in [0.05, 0.1) is 12.1 Å². The third-order valence-corrected chi connectivity index (χ3v) is 5.50. The predicted molar refractivity (Wildman–Crippen MR) is 124 cm³/mol. The summed E-state index contributed by atoms with van der Waals surface area (Å²) in [6, 6.07) is 22.8. The first-order chi connectivity index (χ1) is 15.2. The van der Waals surface area contributed by atoms with Gasteiger partial charge in [0.1, 0.15) is 11.5 Å². The van der Waals surface area contributed by atoms with Gasteiger partial charge in [0.2, 0.25) is 0 Å². The Morgan fingerprint density at radius 3 is 2.03 bits per heavy atom. The Morgan fingerprint density at radius 2 is 1.44 bits per heavy atom. The molecule has 162 valence electrons. The van der Waals surface area contributed by atoms with Gasteiger partial charge in [0.15, 0.2) is 0 Å². The molecule has 0 aromatic heterocycles. The fourth-order valence-electron chi connectivity index (χ4n) is 3.68. The molecule has 0 fully saturated rings. The van der Waals surface area contributed by atoms with Crippen molar-refractivity contribution >= 4 is 23.1 Å². The highest BCUT2D eigenvalue weighted by atomic mass is 19.1. The van der Waals surface area contributed by atoms with E-state index in [2.05, 4.69) is 26.1 Å². The monoisotopic (exact) mass is 428 g/mol. The van der Waals surface area contributed by atoms with E-state index in [9.17, 15) is 14.0 Å². The summed E-state index contributed by atoms with van der Waals surface area (Å²) in [5, 5.41) is 3.18. The van der Waals surface area contributed by atoms with Gasteiger partial charge in [0, 0.05) is 5.69 Å². The maximum Gasteiger partial charge on any atom is 0.278 e. The van der Waals surface area contributed by atoms with Gasteiger partial charge >= 0.3 is 0 Å². The molecule has 1 heterocycles. The predicted octanol–water partition coefficient (Wildman–Crippen LogP) is 5.52. The Hall–Kier alpha value is -3.73. The number of hydrogen-bond acceptors (Lipinski definition) is 3. The van der Waals surface area contributed by atoms with Gasteiger partial charge < -0.3 is 5.32 Å². The molecule has 0 saturated carbocycles.